The minimum absolute atomic E-state index is 0.552. The number of aromatic nitrogens is 3. The van der Waals surface area contributed by atoms with E-state index in [2.05, 4.69) is 15.0 Å². The zero-order valence-corrected chi connectivity index (χ0v) is 10.2. The molecule has 0 aliphatic rings. The number of pyridine rings is 2. The highest BCUT2D eigenvalue weighted by atomic mass is 32.1. The summed E-state index contributed by atoms with van der Waals surface area (Å²) in [6.07, 6.45) is -1.59. The molecule has 3 heterocycles. The molecular formula is C12H6F3N3S. The normalized spacial score (nSPS) is 11.9. The second-order valence-electron chi connectivity index (χ2n) is 3.78. The Morgan fingerprint density at radius 2 is 1.89 bits per heavy atom. The van der Waals surface area contributed by atoms with E-state index in [1.807, 2.05) is 0 Å². The van der Waals surface area contributed by atoms with Gasteiger partial charge in [-0.1, -0.05) is 11.3 Å². The molecule has 0 aromatic carbocycles. The maximum absolute atomic E-state index is 12.4. The summed E-state index contributed by atoms with van der Waals surface area (Å²) >= 11 is 1.32. The second-order valence-corrected chi connectivity index (χ2v) is 4.75. The average molecular weight is 281 g/mol. The predicted molar refractivity (Wildman–Crippen MR) is 65.6 cm³/mol. The first-order chi connectivity index (χ1) is 9.04. The number of nitrogens with zero attached hydrogens (tertiary/aromatic N) is 3. The number of rotatable bonds is 1. The average Bonchev–Trinajstić information content (AvgIpc) is 2.81. The molecule has 3 nitrogen and oxygen atoms in total. The Balaban J connectivity index is 2.02. The summed E-state index contributed by atoms with van der Waals surface area (Å²) < 4.78 is 37.2. The number of alkyl halides is 3. The van der Waals surface area contributed by atoms with Gasteiger partial charge in [0.1, 0.15) is 21.0 Å². The van der Waals surface area contributed by atoms with Crippen molar-refractivity contribution in [3.8, 4) is 10.6 Å². The van der Waals surface area contributed by atoms with Gasteiger partial charge in [-0.15, -0.1) is 0 Å². The van der Waals surface area contributed by atoms with E-state index in [4.69, 9.17) is 0 Å². The zero-order chi connectivity index (χ0) is 13.5. The lowest BCUT2D eigenvalue weighted by Crippen LogP contribution is -2.07. The Morgan fingerprint density at radius 1 is 1.05 bits per heavy atom. The van der Waals surface area contributed by atoms with Crippen LogP contribution in [-0.2, 0) is 6.18 Å². The van der Waals surface area contributed by atoms with Crippen LogP contribution < -0.4 is 0 Å². The van der Waals surface area contributed by atoms with E-state index in [1.54, 1.807) is 18.3 Å². The minimum atomic E-state index is -4.42. The van der Waals surface area contributed by atoms with Crippen molar-refractivity contribution in [1.29, 1.82) is 0 Å². The molecule has 0 atom stereocenters. The molecule has 0 fully saturated rings. The third kappa shape index (κ3) is 2.28. The topological polar surface area (TPSA) is 38.7 Å². The van der Waals surface area contributed by atoms with Gasteiger partial charge in [-0.3, -0.25) is 4.98 Å². The van der Waals surface area contributed by atoms with E-state index >= 15 is 0 Å². The standard InChI is InChI=1S/C12H6F3N3S/c13-12(14,15)9-4-3-7(6-17-9)10-18-8-2-1-5-16-11(8)19-10/h1-6H. The van der Waals surface area contributed by atoms with Crippen molar-refractivity contribution in [3.05, 3.63) is 42.4 Å². The maximum atomic E-state index is 12.4. The van der Waals surface area contributed by atoms with Crippen molar-refractivity contribution in [3.63, 3.8) is 0 Å². The van der Waals surface area contributed by atoms with Crippen molar-refractivity contribution >= 4 is 21.7 Å². The van der Waals surface area contributed by atoms with Gasteiger partial charge in [-0.25, -0.2) is 9.97 Å². The fourth-order valence-corrected chi connectivity index (χ4v) is 2.48. The molecule has 3 aromatic heterocycles. The summed E-state index contributed by atoms with van der Waals surface area (Å²) in [6, 6.07) is 5.89. The van der Waals surface area contributed by atoms with Gasteiger partial charge in [0.05, 0.1) is 0 Å². The van der Waals surface area contributed by atoms with Crippen LogP contribution in [0.5, 0.6) is 0 Å². The summed E-state index contributed by atoms with van der Waals surface area (Å²) in [4.78, 5) is 12.6. The van der Waals surface area contributed by atoms with Gasteiger partial charge in [0, 0.05) is 18.0 Å². The van der Waals surface area contributed by atoms with E-state index < -0.39 is 11.9 Å². The summed E-state index contributed by atoms with van der Waals surface area (Å²) in [5, 5.41) is 0.606. The smallest absolute Gasteiger partial charge is 0.251 e. The summed E-state index contributed by atoms with van der Waals surface area (Å²) in [7, 11) is 0. The van der Waals surface area contributed by atoms with Gasteiger partial charge >= 0.3 is 6.18 Å². The summed E-state index contributed by atoms with van der Waals surface area (Å²) in [5.41, 5.74) is 0.369. The first-order valence-corrected chi connectivity index (χ1v) is 6.11. The van der Waals surface area contributed by atoms with Crippen LogP contribution in [0.3, 0.4) is 0 Å². The van der Waals surface area contributed by atoms with Gasteiger partial charge < -0.3 is 0 Å². The molecule has 3 rings (SSSR count). The van der Waals surface area contributed by atoms with Gasteiger partial charge in [0.25, 0.3) is 0 Å². The molecule has 0 saturated carbocycles. The molecule has 0 saturated heterocycles. The SMILES string of the molecule is FC(F)(F)c1ccc(-c2nc3cccnc3s2)cn1. The van der Waals surface area contributed by atoms with Crippen LogP contribution in [0.15, 0.2) is 36.7 Å². The van der Waals surface area contributed by atoms with Crippen molar-refractivity contribution in [2.45, 2.75) is 6.18 Å². The van der Waals surface area contributed by atoms with Crippen LogP contribution in [-0.4, -0.2) is 15.0 Å². The highest BCUT2D eigenvalue weighted by Crippen LogP contribution is 2.31. The van der Waals surface area contributed by atoms with Crippen molar-refractivity contribution in [1.82, 2.24) is 15.0 Å². The third-order valence-corrected chi connectivity index (χ3v) is 3.50. The molecule has 0 aliphatic heterocycles. The number of fused-ring (bicyclic) bond motifs is 1. The van der Waals surface area contributed by atoms with Crippen LogP contribution in [0.25, 0.3) is 20.9 Å². The van der Waals surface area contributed by atoms with E-state index in [0.29, 0.717) is 10.6 Å². The highest BCUT2D eigenvalue weighted by molar-refractivity contribution is 7.21. The first kappa shape index (κ1) is 12.0. The Morgan fingerprint density at radius 3 is 2.53 bits per heavy atom. The molecule has 0 spiro atoms. The van der Waals surface area contributed by atoms with Gasteiger partial charge in [-0.2, -0.15) is 13.2 Å². The van der Waals surface area contributed by atoms with Crippen molar-refractivity contribution in [2.75, 3.05) is 0 Å². The molecule has 0 unspecified atom stereocenters. The largest absolute Gasteiger partial charge is 0.433 e. The van der Waals surface area contributed by atoms with Crippen LogP contribution in [0.1, 0.15) is 5.69 Å². The van der Waals surface area contributed by atoms with Gasteiger partial charge in [0.2, 0.25) is 0 Å². The lowest BCUT2D eigenvalue weighted by molar-refractivity contribution is -0.141. The first-order valence-electron chi connectivity index (χ1n) is 5.29. The highest BCUT2D eigenvalue weighted by Gasteiger charge is 2.32. The molecule has 7 heteroatoms. The molecule has 0 radical (unpaired) electrons. The van der Waals surface area contributed by atoms with Gasteiger partial charge in [-0.05, 0) is 24.3 Å². The van der Waals surface area contributed by atoms with E-state index in [0.717, 1.165) is 16.4 Å². The molecule has 19 heavy (non-hydrogen) atoms. The van der Waals surface area contributed by atoms with Crippen molar-refractivity contribution < 1.29 is 13.2 Å². The fourth-order valence-electron chi connectivity index (χ4n) is 1.58. The quantitative estimate of drug-likeness (QED) is 0.681. The summed E-state index contributed by atoms with van der Waals surface area (Å²) in [6.45, 7) is 0. The molecule has 0 amide bonds. The molecule has 0 aliphatic carbocycles. The van der Waals surface area contributed by atoms with Gasteiger partial charge in [0.15, 0.2) is 0 Å². The minimum Gasteiger partial charge on any atom is -0.251 e. The number of hydrogen-bond acceptors (Lipinski definition) is 4. The Hall–Kier alpha value is -2.02. The molecule has 0 bridgehead atoms. The lowest BCUT2D eigenvalue weighted by Gasteiger charge is -2.04. The van der Waals surface area contributed by atoms with Crippen LogP contribution >= 0.6 is 11.3 Å². The fraction of sp³-hybridized carbons (Fsp3) is 0.0833. The van der Waals surface area contributed by atoms with Crippen LogP contribution in [0, 0.1) is 0 Å². The zero-order valence-electron chi connectivity index (χ0n) is 9.35. The number of hydrogen-bond donors (Lipinski definition) is 0. The summed E-state index contributed by atoms with van der Waals surface area (Å²) in [5.74, 6) is 0. The maximum Gasteiger partial charge on any atom is 0.433 e. The van der Waals surface area contributed by atoms with Crippen molar-refractivity contribution in [2.24, 2.45) is 0 Å². The van der Waals surface area contributed by atoms with Crippen LogP contribution in [0.2, 0.25) is 0 Å². The Kier molecular flexibility index (Phi) is 2.70. The van der Waals surface area contributed by atoms with E-state index in [-0.39, 0.29) is 0 Å². The van der Waals surface area contributed by atoms with E-state index in [1.165, 1.54) is 23.6 Å². The van der Waals surface area contributed by atoms with Crippen LogP contribution in [0.4, 0.5) is 13.2 Å². The monoisotopic (exact) mass is 281 g/mol. The van der Waals surface area contributed by atoms with E-state index in [9.17, 15) is 13.2 Å². The molecule has 3 aromatic rings. The lowest BCUT2D eigenvalue weighted by atomic mass is 10.2. The molecule has 0 N–H and O–H groups in total. The number of halogens is 3. The second kappa shape index (κ2) is 4.27. The third-order valence-electron chi connectivity index (χ3n) is 2.47. The number of thiazole rings is 1. The Labute approximate surface area is 109 Å². The predicted octanol–water partition coefficient (Wildman–Crippen LogP) is 3.77. The molecular weight excluding hydrogens is 275 g/mol. The molecule has 96 valence electrons. The Bertz CT molecular complexity index is 686.